The predicted octanol–water partition coefficient (Wildman–Crippen LogP) is 3.06. The van der Waals surface area contributed by atoms with Crippen LogP contribution in [0.3, 0.4) is 0 Å². The predicted molar refractivity (Wildman–Crippen MR) is 68.9 cm³/mol. The molecule has 0 spiro atoms. The van der Waals surface area contributed by atoms with E-state index in [-0.39, 0.29) is 6.04 Å². The van der Waals surface area contributed by atoms with E-state index in [9.17, 15) is 0 Å². The van der Waals surface area contributed by atoms with E-state index in [1.807, 2.05) is 19.1 Å². The molecule has 0 unspecified atom stereocenters. The van der Waals surface area contributed by atoms with E-state index in [1.54, 1.807) is 6.20 Å². The van der Waals surface area contributed by atoms with Crippen LogP contribution in [-0.4, -0.2) is 11.6 Å². The van der Waals surface area contributed by atoms with Crippen LogP contribution in [0, 0.1) is 5.92 Å². The lowest BCUT2D eigenvalue weighted by atomic mass is 9.90. The first kappa shape index (κ1) is 12.4. The van der Waals surface area contributed by atoms with Gasteiger partial charge in [-0.25, -0.2) is 4.98 Å². The van der Waals surface area contributed by atoms with Gasteiger partial charge >= 0.3 is 0 Å². The van der Waals surface area contributed by atoms with Crippen molar-refractivity contribution in [2.24, 2.45) is 11.7 Å². The Bertz CT molecular complexity index is 346. The van der Waals surface area contributed by atoms with E-state index < -0.39 is 0 Å². The van der Waals surface area contributed by atoms with Crippen LogP contribution in [0.25, 0.3) is 0 Å². The molecule has 1 heterocycles. The van der Waals surface area contributed by atoms with Crippen LogP contribution in [0.2, 0.25) is 0 Å². The SMILES string of the molecule is C[C@H](N)c1ccnc(OCC2CCCCC2)c1. The summed E-state index contributed by atoms with van der Waals surface area (Å²) in [5.41, 5.74) is 6.92. The quantitative estimate of drug-likeness (QED) is 0.871. The molecule has 0 saturated heterocycles. The lowest BCUT2D eigenvalue weighted by Gasteiger charge is -2.21. The normalized spacial score (nSPS) is 18.9. The minimum atomic E-state index is 0.0371. The van der Waals surface area contributed by atoms with Crippen LogP contribution < -0.4 is 10.5 Å². The molecule has 0 radical (unpaired) electrons. The van der Waals surface area contributed by atoms with Crippen molar-refractivity contribution in [1.82, 2.24) is 4.98 Å². The summed E-state index contributed by atoms with van der Waals surface area (Å²) in [6.45, 7) is 2.77. The van der Waals surface area contributed by atoms with Crippen molar-refractivity contribution in [2.45, 2.75) is 45.1 Å². The molecule has 1 atom stereocenters. The Kier molecular flexibility index (Phi) is 4.37. The molecule has 0 bridgehead atoms. The minimum Gasteiger partial charge on any atom is -0.477 e. The van der Waals surface area contributed by atoms with E-state index in [4.69, 9.17) is 10.5 Å². The maximum atomic E-state index is 5.84. The van der Waals surface area contributed by atoms with Crippen molar-refractivity contribution in [3.63, 3.8) is 0 Å². The van der Waals surface area contributed by atoms with Gasteiger partial charge in [0.2, 0.25) is 5.88 Å². The molecule has 94 valence electrons. The number of pyridine rings is 1. The number of ether oxygens (including phenoxy) is 1. The Morgan fingerprint density at radius 1 is 1.41 bits per heavy atom. The Balaban J connectivity index is 1.87. The van der Waals surface area contributed by atoms with E-state index in [0.29, 0.717) is 11.8 Å². The van der Waals surface area contributed by atoms with Gasteiger partial charge in [-0.15, -0.1) is 0 Å². The van der Waals surface area contributed by atoms with E-state index in [1.165, 1.54) is 32.1 Å². The zero-order valence-corrected chi connectivity index (χ0v) is 10.6. The number of hydrogen-bond acceptors (Lipinski definition) is 3. The molecule has 2 rings (SSSR count). The van der Waals surface area contributed by atoms with E-state index in [2.05, 4.69) is 4.98 Å². The fourth-order valence-corrected chi connectivity index (χ4v) is 2.34. The molecular weight excluding hydrogens is 212 g/mol. The molecule has 3 heteroatoms. The third-order valence-electron chi connectivity index (χ3n) is 3.48. The van der Waals surface area contributed by atoms with Crippen LogP contribution in [0.5, 0.6) is 5.88 Å². The minimum absolute atomic E-state index is 0.0371. The maximum absolute atomic E-state index is 5.84. The highest BCUT2D eigenvalue weighted by Gasteiger charge is 2.14. The molecule has 2 N–H and O–H groups in total. The molecule has 1 aromatic rings. The van der Waals surface area contributed by atoms with E-state index in [0.717, 1.165) is 12.2 Å². The second kappa shape index (κ2) is 6.01. The van der Waals surface area contributed by atoms with Gasteiger partial charge in [0.15, 0.2) is 0 Å². The highest BCUT2D eigenvalue weighted by molar-refractivity contribution is 5.22. The van der Waals surface area contributed by atoms with Crippen molar-refractivity contribution in [1.29, 1.82) is 0 Å². The first-order valence-electron chi connectivity index (χ1n) is 6.60. The summed E-state index contributed by atoms with van der Waals surface area (Å²) in [7, 11) is 0. The number of nitrogens with two attached hydrogens (primary N) is 1. The van der Waals surface area contributed by atoms with Crippen LogP contribution in [0.1, 0.15) is 50.6 Å². The summed E-state index contributed by atoms with van der Waals surface area (Å²) in [4.78, 5) is 4.23. The van der Waals surface area contributed by atoms with Gasteiger partial charge in [0, 0.05) is 18.3 Å². The van der Waals surface area contributed by atoms with Gasteiger partial charge in [-0.3, -0.25) is 0 Å². The molecule has 3 nitrogen and oxygen atoms in total. The molecule has 1 aliphatic rings. The average Bonchev–Trinajstić information content (AvgIpc) is 2.38. The second-order valence-corrected chi connectivity index (χ2v) is 5.03. The topological polar surface area (TPSA) is 48.1 Å². The van der Waals surface area contributed by atoms with Crippen LogP contribution in [0.15, 0.2) is 18.3 Å². The number of aromatic nitrogens is 1. The van der Waals surface area contributed by atoms with Gasteiger partial charge in [0.1, 0.15) is 0 Å². The molecule has 1 fully saturated rings. The molecule has 0 amide bonds. The third-order valence-corrected chi connectivity index (χ3v) is 3.48. The van der Waals surface area contributed by atoms with Gasteiger partial charge < -0.3 is 10.5 Å². The maximum Gasteiger partial charge on any atom is 0.213 e. The van der Waals surface area contributed by atoms with Crippen LogP contribution in [-0.2, 0) is 0 Å². The Labute approximate surface area is 103 Å². The fraction of sp³-hybridized carbons (Fsp3) is 0.643. The summed E-state index contributed by atoms with van der Waals surface area (Å²) in [6.07, 6.45) is 8.45. The van der Waals surface area contributed by atoms with Gasteiger partial charge in [-0.1, -0.05) is 19.3 Å². The fourth-order valence-electron chi connectivity index (χ4n) is 2.34. The zero-order valence-electron chi connectivity index (χ0n) is 10.6. The molecule has 1 aliphatic carbocycles. The molecule has 1 saturated carbocycles. The van der Waals surface area contributed by atoms with Crippen molar-refractivity contribution >= 4 is 0 Å². The third kappa shape index (κ3) is 3.70. The summed E-state index contributed by atoms with van der Waals surface area (Å²) >= 11 is 0. The summed E-state index contributed by atoms with van der Waals surface area (Å²) in [5.74, 6) is 1.43. The number of nitrogens with zero attached hydrogens (tertiary/aromatic N) is 1. The van der Waals surface area contributed by atoms with Crippen LogP contribution in [0.4, 0.5) is 0 Å². The summed E-state index contributed by atoms with van der Waals surface area (Å²) in [6, 6.07) is 3.93. The molecule has 0 aliphatic heterocycles. The zero-order chi connectivity index (χ0) is 12.1. The Morgan fingerprint density at radius 2 is 2.18 bits per heavy atom. The molecule has 17 heavy (non-hydrogen) atoms. The lowest BCUT2D eigenvalue weighted by molar-refractivity contribution is 0.202. The van der Waals surface area contributed by atoms with E-state index >= 15 is 0 Å². The summed E-state index contributed by atoms with van der Waals surface area (Å²) < 4.78 is 5.77. The smallest absolute Gasteiger partial charge is 0.213 e. The van der Waals surface area contributed by atoms with Crippen LogP contribution >= 0.6 is 0 Å². The standard InChI is InChI=1S/C14H22N2O/c1-11(15)13-7-8-16-14(9-13)17-10-12-5-3-2-4-6-12/h7-9,11-12H,2-6,10,15H2,1H3/t11-/m0/s1. The van der Waals surface area contributed by atoms with Gasteiger partial charge in [-0.05, 0) is 37.3 Å². The van der Waals surface area contributed by atoms with Gasteiger partial charge in [0.25, 0.3) is 0 Å². The summed E-state index contributed by atoms with van der Waals surface area (Å²) in [5, 5.41) is 0. The highest BCUT2D eigenvalue weighted by atomic mass is 16.5. The van der Waals surface area contributed by atoms with Crippen molar-refractivity contribution in [2.75, 3.05) is 6.61 Å². The molecule has 1 aromatic heterocycles. The monoisotopic (exact) mass is 234 g/mol. The Hall–Kier alpha value is -1.09. The number of hydrogen-bond donors (Lipinski definition) is 1. The van der Waals surface area contributed by atoms with Crippen molar-refractivity contribution in [3.8, 4) is 5.88 Å². The largest absolute Gasteiger partial charge is 0.477 e. The highest BCUT2D eigenvalue weighted by Crippen LogP contribution is 2.24. The first-order chi connectivity index (χ1) is 8.25. The lowest BCUT2D eigenvalue weighted by Crippen LogP contribution is -2.16. The average molecular weight is 234 g/mol. The second-order valence-electron chi connectivity index (χ2n) is 5.03. The van der Waals surface area contributed by atoms with Crippen molar-refractivity contribution in [3.05, 3.63) is 23.9 Å². The van der Waals surface area contributed by atoms with Gasteiger partial charge in [0.05, 0.1) is 6.61 Å². The first-order valence-corrected chi connectivity index (χ1v) is 6.60. The molecule has 0 aromatic carbocycles. The molecular formula is C14H22N2O. The van der Waals surface area contributed by atoms with Gasteiger partial charge in [-0.2, -0.15) is 0 Å². The Morgan fingerprint density at radius 3 is 2.88 bits per heavy atom. The van der Waals surface area contributed by atoms with Crippen molar-refractivity contribution < 1.29 is 4.74 Å². The number of rotatable bonds is 4.